The normalized spacial score (nSPS) is 14.3. The van der Waals surface area contributed by atoms with Crippen molar-refractivity contribution in [2.75, 3.05) is 41.3 Å². The zero-order chi connectivity index (χ0) is 18.5. The van der Waals surface area contributed by atoms with Crippen LogP contribution in [0.2, 0.25) is 0 Å². The summed E-state index contributed by atoms with van der Waals surface area (Å²) in [5, 5.41) is 11.6. The molecule has 27 heavy (non-hydrogen) atoms. The number of benzene rings is 2. The van der Waals surface area contributed by atoms with E-state index in [-0.39, 0.29) is 0 Å². The first-order chi connectivity index (χ1) is 13.3. The number of para-hydroxylation sites is 1. The van der Waals surface area contributed by atoms with Crippen molar-refractivity contribution >= 4 is 17.5 Å². The lowest BCUT2D eigenvalue weighted by Gasteiger charge is -2.36. The van der Waals surface area contributed by atoms with Gasteiger partial charge in [-0.2, -0.15) is 10.1 Å². The summed E-state index contributed by atoms with van der Waals surface area (Å²) in [5.41, 5.74) is 3.77. The van der Waals surface area contributed by atoms with Gasteiger partial charge in [0.05, 0.1) is 6.20 Å². The molecule has 0 saturated carbocycles. The van der Waals surface area contributed by atoms with Crippen molar-refractivity contribution in [3.05, 3.63) is 71.9 Å². The third-order valence-electron chi connectivity index (χ3n) is 4.97. The first kappa shape index (κ1) is 17.3. The predicted octanol–water partition coefficient (Wildman–Crippen LogP) is 3.12. The number of nitrogens with one attached hydrogen (secondary N) is 1. The SMILES string of the molecule is Cc1ccccc1CNc1nncc(N2CCN(c3ccccc3)CC2)n1. The lowest BCUT2D eigenvalue weighted by atomic mass is 10.1. The second kappa shape index (κ2) is 8.03. The fourth-order valence-corrected chi connectivity index (χ4v) is 3.34. The van der Waals surface area contributed by atoms with E-state index in [1.807, 2.05) is 12.1 Å². The van der Waals surface area contributed by atoms with Crippen LogP contribution >= 0.6 is 0 Å². The van der Waals surface area contributed by atoms with Crippen LogP contribution in [-0.4, -0.2) is 41.4 Å². The molecule has 0 amide bonds. The van der Waals surface area contributed by atoms with Crippen LogP contribution in [0.4, 0.5) is 17.5 Å². The first-order valence-corrected chi connectivity index (χ1v) is 9.32. The van der Waals surface area contributed by atoms with E-state index in [2.05, 4.69) is 79.7 Å². The minimum absolute atomic E-state index is 0.571. The average Bonchev–Trinajstić information content (AvgIpc) is 2.74. The number of hydrogen-bond donors (Lipinski definition) is 1. The smallest absolute Gasteiger partial charge is 0.244 e. The van der Waals surface area contributed by atoms with Gasteiger partial charge in [0, 0.05) is 38.4 Å². The van der Waals surface area contributed by atoms with Crippen LogP contribution in [0, 0.1) is 6.92 Å². The number of rotatable bonds is 5. The lowest BCUT2D eigenvalue weighted by Crippen LogP contribution is -2.46. The van der Waals surface area contributed by atoms with Crippen molar-refractivity contribution in [2.45, 2.75) is 13.5 Å². The average molecular weight is 360 g/mol. The summed E-state index contributed by atoms with van der Waals surface area (Å²) in [6.45, 7) is 6.59. The number of aryl methyl sites for hydroxylation is 1. The van der Waals surface area contributed by atoms with Gasteiger partial charge in [-0.05, 0) is 30.2 Å². The van der Waals surface area contributed by atoms with E-state index in [0.29, 0.717) is 12.5 Å². The molecule has 0 atom stereocenters. The molecule has 4 rings (SSSR count). The molecule has 2 aromatic carbocycles. The van der Waals surface area contributed by atoms with Gasteiger partial charge >= 0.3 is 0 Å². The Morgan fingerprint density at radius 1 is 0.889 bits per heavy atom. The largest absolute Gasteiger partial charge is 0.368 e. The molecule has 0 aliphatic carbocycles. The third-order valence-corrected chi connectivity index (χ3v) is 4.97. The molecule has 6 heteroatoms. The van der Waals surface area contributed by atoms with Gasteiger partial charge in [0.25, 0.3) is 0 Å². The van der Waals surface area contributed by atoms with Crippen LogP contribution in [0.25, 0.3) is 0 Å². The van der Waals surface area contributed by atoms with Crippen molar-refractivity contribution in [3.8, 4) is 0 Å². The molecule has 1 saturated heterocycles. The molecule has 0 radical (unpaired) electrons. The summed E-state index contributed by atoms with van der Waals surface area (Å²) >= 11 is 0. The molecule has 1 aromatic heterocycles. The van der Waals surface area contributed by atoms with Crippen LogP contribution < -0.4 is 15.1 Å². The van der Waals surface area contributed by atoms with E-state index < -0.39 is 0 Å². The molecule has 0 unspecified atom stereocenters. The number of anilines is 3. The fraction of sp³-hybridized carbons (Fsp3) is 0.286. The maximum absolute atomic E-state index is 4.66. The monoisotopic (exact) mass is 360 g/mol. The van der Waals surface area contributed by atoms with E-state index in [1.165, 1.54) is 16.8 Å². The minimum atomic E-state index is 0.571. The van der Waals surface area contributed by atoms with E-state index in [1.54, 1.807) is 6.20 Å². The first-order valence-electron chi connectivity index (χ1n) is 9.32. The van der Waals surface area contributed by atoms with Crippen molar-refractivity contribution in [1.29, 1.82) is 0 Å². The third kappa shape index (κ3) is 4.16. The molecule has 138 valence electrons. The van der Waals surface area contributed by atoms with E-state index in [9.17, 15) is 0 Å². The molecular weight excluding hydrogens is 336 g/mol. The molecule has 0 bridgehead atoms. The minimum Gasteiger partial charge on any atom is -0.368 e. The molecule has 1 fully saturated rings. The van der Waals surface area contributed by atoms with Gasteiger partial charge < -0.3 is 15.1 Å². The molecule has 6 nitrogen and oxygen atoms in total. The molecule has 1 aliphatic heterocycles. The predicted molar refractivity (Wildman–Crippen MR) is 109 cm³/mol. The second-order valence-corrected chi connectivity index (χ2v) is 6.73. The molecule has 3 aromatic rings. The topological polar surface area (TPSA) is 57.2 Å². The summed E-state index contributed by atoms with van der Waals surface area (Å²) < 4.78 is 0. The van der Waals surface area contributed by atoms with Crippen molar-refractivity contribution in [1.82, 2.24) is 15.2 Å². The Labute approximate surface area is 159 Å². The van der Waals surface area contributed by atoms with Crippen LogP contribution in [0.1, 0.15) is 11.1 Å². The van der Waals surface area contributed by atoms with Gasteiger partial charge in [0.15, 0.2) is 5.82 Å². The zero-order valence-electron chi connectivity index (χ0n) is 15.5. The second-order valence-electron chi connectivity index (χ2n) is 6.73. The summed E-state index contributed by atoms with van der Waals surface area (Å²) in [7, 11) is 0. The van der Waals surface area contributed by atoms with Gasteiger partial charge in [-0.15, -0.1) is 5.10 Å². The molecular formula is C21H24N6. The highest BCUT2D eigenvalue weighted by Crippen LogP contribution is 2.19. The lowest BCUT2D eigenvalue weighted by molar-refractivity contribution is 0.644. The summed E-state index contributed by atoms with van der Waals surface area (Å²) in [6.07, 6.45) is 1.75. The van der Waals surface area contributed by atoms with Crippen molar-refractivity contribution in [3.63, 3.8) is 0 Å². The van der Waals surface area contributed by atoms with Crippen LogP contribution in [0.15, 0.2) is 60.8 Å². The summed E-state index contributed by atoms with van der Waals surface area (Å²) in [5.74, 6) is 1.45. The summed E-state index contributed by atoms with van der Waals surface area (Å²) in [4.78, 5) is 9.34. The summed E-state index contributed by atoms with van der Waals surface area (Å²) in [6, 6.07) is 18.9. The van der Waals surface area contributed by atoms with Gasteiger partial charge in [-0.1, -0.05) is 42.5 Å². The molecule has 2 heterocycles. The van der Waals surface area contributed by atoms with Crippen LogP contribution in [-0.2, 0) is 6.54 Å². The van der Waals surface area contributed by atoms with Gasteiger partial charge in [0.2, 0.25) is 5.95 Å². The van der Waals surface area contributed by atoms with E-state index in [4.69, 9.17) is 0 Å². The Morgan fingerprint density at radius 3 is 2.37 bits per heavy atom. The number of aromatic nitrogens is 3. The molecule has 0 spiro atoms. The Balaban J connectivity index is 1.37. The van der Waals surface area contributed by atoms with E-state index in [0.717, 1.165) is 32.0 Å². The highest BCUT2D eigenvalue weighted by Gasteiger charge is 2.19. The Bertz CT molecular complexity index is 875. The van der Waals surface area contributed by atoms with Crippen LogP contribution in [0.5, 0.6) is 0 Å². The number of piperazine rings is 1. The quantitative estimate of drug-likeness (QED) is 0.754. The fourth-order valence-electron chi connectivity index (χ4n) is 3.34. The van der Waals surface area contributed by atoms with Gasteiger partial charge in [0.1, 0.15) is 0 Å². The Kier molecular flexibility index (Phi) is 5.14. The Morgan fingerprint density at radius 2 is 1.59 bits per heavy atom. The molecule has 1 N–H and O–H groups in total. The standard InChI is InChI=1S/C21H24N6/c1-17-7-5-6-8-18(17)15-22-21-24-20(16-23-25-21)27-13-11-26(12-14-27)19-9-3-2-4-10-19/h2-10,16H,11-15H2,1H3,(H,22,24,25). The number of nitrogens with zero attached hydrogens (tertiary/aromatic N) is 5. The molecule has 1 aliphatic rings. The van der Waals surface area contributed by atoms with E-state index >= 15 is 0 Å². The van der Waals surface area contributed by atoms with Gasteiger partial charge in [-0.25, -0.2) is 0 Å². The highest BCUT2D eigenvalue weighted by atomic mass is 15.3. The van der Waals surface area contributed by atoms with Crippen molar-refractivity contribution < 1.29 is 0 Å². The van der Waals surface area contributed by atoms with Crippen molar-refractivity contribution in [2.24, 2.45) is 0 Å². The highest BCUT2D eigenvalue weighted by molar-refractivity contribution is 5.49. The Hall–Kier alpha value is -3.15. The van der Waals surface area contributed by atoms with Gasteiger partial charge in [-0.3, -0.25) is 0 Å². The maximum Gasteiger partial charge on any atom is 0.244 e. The zero-order valence-corrected chi connectivity index (χ0v) is 15.5. The number of hydrogen-bond acceptors (Lipinski definition) is 6. The van der Waals surface area contributed by atoms with Crippen LogP contribution in [0.3, 0.4) is 0 Å². The maximum atomic E-state index is 4.66.